The molecule has 1 fully saturated rings. The van der Waals surface area contributed by atoms with Gasteiger partial charge in [-0.05, 0) is 50.3 Å². The summed E-state index contributed by atoms with van der Waals surface area (Å²) in [7, 11) is 0. The summed E-state index contributed by atoms with van der Waals surface area (Å²) in [6, 6.07) is 5.89. The molecule has 0 aromatic heterocycles. The van der Waals surface area contributed by atoms with Crippen molar-refractivity contribution >= 4 is 11.7 Å². The number of rotatable bonds is 4. The molecule has 2 aliphatic rings. The normalized spacial score (nSPS) is 19.1. The summed E-state index contributed by atoms with van der Waals surface area (Å²) in [6.45, 7) is 1.74. The van der Waals surface area contributed by atoms with E-state index in [1.54, 1.807) is 13.0 Å². The van der Waals surface area contributed by atoms with Gasteiger partial charge in [0.15, 0.2) is 11.9 Å². The van der Waals surface area contributed by atoms with Crippen molar-refractivity contribution in [2.45, 2.75) is 51.2 Å². The second-order valence-electron chi connectivity index (χ2n) is 5.64. The lowest BCUT2D eigenvalue weighted by Crippen LogP contribution is -2.37. The smallest absolute Gasteiger partial charge is 0.260 e. The van der Waals surface area contributed by atoms with Crippen molar-refractivity contribution in [1.29, 1.82) is 0 Å². The van der Waals surface area contributed by atoms with E-state index in [1.165, 1.54) is 0 Å². The van der Waals surface area contributed by atoms with Crippen molar-refractivity contribution in [3.8, 4) is 5.75 Å². The zero-order valence-corrected chi connectivity index (χ0v) is 11.6. The highest BCUT2D eigenvalue weighted by Gasteiger charge is 2.26. The van der Waals surface area contributed by atoms with Crippen LogP contribution in [0.15, 0.2) is 18.2 Å². The van der Waals surface area contributed by atoms with Gasteiger partial charge in [-0.25, -0.2) is 0 Å². The fourth-order valence-corrected chi connectivity index (χ4v) is 2.48. The quantitative estimate of drug-likeness (QED) is 0.915. The van der Waals surface area contributed by atoms with Crippen molar-refractivity contribution in [2.24, 2.45) is 0 Å². The zero-order valence-electron chi connectivity index (χ0n) is 11.6. The molecule has 0 bridgehead atoms. The first-order valence-corrected chi connectivity index (χ1v) is 7.26. The van der Waals surface area contributed by atoms with Crippen LogP contribution < -0.4 is 10.1 Å². The summed E-state index contributed by atoms with van der Waals surface area (Å²) in [4.78, 5) is 23.7. The molecule has 0 spiro atoms. The lowest BCUT2D eigenvalue weighted by atomic mass is 9.90. The van der Waals surface area contributed by atoms with E-state index >= 15 is 0 Å². The van der Waals surface area contributed by atoms with E-state index in [9.17, 15) is 9.59 Å². The Bertz CT molecular complexity index is 549. The largest absolute Gasteiger partial charge is 0.481 e. The molecular weight excluding hydrogens is 254 g/mol. The van der Waals surface area contributed by atoms with Gasteiger partial charge in [0.1, 0.15) is 5.75 Å². The number of nitrogens with one attached hydrogen (secondary N) is 1. The van der Waals surface area contributed by atoms with Crippen molar-refractivity contribution < 1.29 is 14.3 Å². The number of hydrogen-bond donors (Lipinski definition) is 1. The van der Waals surface area contributed by atoms with Gasteiger partial charge in [-0.2, -0.15) is 0 Å². The minimum atomic E-state index is -0.535. The van der Waals surface area contributed by atoms with E-state index in [0.717, 1.165) is 36.8 Å². The van der Waals surface area contributed by atoms with Crippen LogP contribution in [0.1, 0.15) is 48.5 Å². The molecule has 0 radical (unpaired) electrons. The Morgan fingerprint density at radius 2 is 2.15 bits per heavy atom. The molecule has 1 aromatic rings. The third kappa shape index (κ3) is 2.84. The number of hydrogen-bond acceptors (Lipinski definition) is 3. The van der Waals surface area contributed by atoms with Gasteiger partial charge in [-0.1, -0.05) is 6.07 Å². The molecule has 0 heterocycles. The third-order valence-corrected chi connectivity index (χ3v) is 3.84. The summed E-state index contributed by atoms with van der Waals surface area (Å²) in [6.07, 6.45) is 4.06. The molecule has 4 nitrogen and oxygen atoms in total. The van der Waals surface area contributed by atoms with E-state index in [4.69, 9.17) is 4.74 Å². The van der Waals surface area contributed by atoms with E-state index in [0.29, 0.717) is 18.2 Å². The number of carbonyl (C=O) groups is 2. The van der Waals surface area contributed by atoms with Gasteiger partial charge in [0.2, 0.25) is 0 Å². The van der Waals surface area contributed by atoms with Crippen LogP contribution >= 0.6 is 0 Å². The highest BCUT2D eigenvalue weighted by Crippen LogP contribution is 2.26. The summed E-state index contributed by atoms with van der Waals surface area (Å²) in [5.74, 6) is 0.681. The van der Waals surface area contributed by atoms with Crippen molar-refractivity contribution in [3.63, 3.8) is 0 Å². The molecule has 1 saturated carbocycles. The van der Waals surface area contributed by atoms with E-state index in [1.807, 2.05) is 12.1 Å². The van der Waals surface area contributed by atoms with Crippen LogP contribution in [0.5, 0.6) is 5.75 Å². The number of ether oxygens (including phenoxy) is 1. The first-order chi connectivity index (χ1) is 9.63. The van der Waals surface area contributed by atoms with E-state index in [2.05, 4.69) is 5.32 Å². The number of Topliss-reactive ketones (excluding diaryl/α,β-unsaturated/α-hetero) is 1. The molecular formula is C16H19NO3. The van der Waals surface area contributed by atoms with Crippen LogP contribution in [0.3, 0.4) is 0 Å². The molecule has 0 aliphatic heterocycles. The highest BCUT2D eigenvalue weighted by atomic mass is 16.5. The monoisotopic (exact) mass is 273 g/mol. The molecule has 2 aliphatic carbocycles. The molecule has 3 rings (SSSR count). The maximum absolute atomic E-state index is 11.9. The minimum Gasteiger partial charge on any atom is -0.481 e. The predicted molar refractivity (Wildman–Crippen MR) is 75.0 cm³/mol. The predicted octanol–water partition coefficient (Wildman–Crippen LogP) is 2.25. The SMILES string of the molecule is CC(Oc1ccc2c(c1)C(=O)CCC2)C(=O)NC1CC1. The zero-order chi connectivity index (χ0) is 14.1. The van der Waals surface area contributed by atoms with Gasteiger partial charge in [-0.15, -0.1) is 0 Å². The van der Waals surface area contributed by atoms with Gasteiger partial charge in [0, 0.05) is 18.0 Å². The van der Waals surface area contributed by atoms with E-state index < -0.39 is 6.10 Å². The number of aryl methyl sites for hydroxylation is 1. The molecule has 20 heavy (non-hydrogen) atoms. The molecule has 1 unspecified atom stereocenters. The fourth-order valence-electron chi connectivity index (χ4n) is 2.48. The topological polar surface area (TPSA) is 55.4 Å². The Hall–Kier alpha value is -1.84. The first-order valence-electron chi connectivity index (χ1n) is 7.26. The first kappa shape index (κ1) is 13.2. The maximum atomic E-state index is 11.9. The van der Waals surface area contributed by atoms with Crippen LogP contribution in [0.25, 0.3) is 0 Å². The third-order valence-electron chi connectivity index (χ3n) is 3.84. The van der Waals surface area contributed by atoms with Gasteiger partial charge in [0.05, 0.1) is 0 Å². The Labute approximate surface area is 118 Å². The van der Waals surface area contributed by atoms with Gasteiger partial charge in [0.25, 0.3) is 5.91 Å². The Morgan fingerprint density at radius 1 is 1.35 bits per heavy atom. The van der Waals surface area contributed by atoms with Crippen LogP contribution in [0.4, 0.5) is 0 Å². The van der Waals surface area contributed by atoms with Crippen LogP contribution in [0.2, 0.25) is 0 Å². The van der Waals surface area contributed by atoms with Crippen molar-refractivity contribution in [3.05, 3.63) is 29.3 Å². The number of ketones is 1. The second-order valence-corrected chi connectivity index (χ2v) is 5.64. The average molecular weight is 273 g/mol. The average Bonchev–Trinajstić information content (AvgIpc) is 3.23. The summed E-state index contributed by atoms with van der Waals surface area (Å²) in [5.41, 5.74) is 1.84. The van der Waals surface area contributed by atoms with E-state index in [-0.39, 0.29) is 11.7 Å². The van der Waals surface area contributed by atoms with Gasteiger partial charge < -0.3 is 10.1 Å². The van der Waals surface area contributed by atoms with Gasteiger partial charge in [-0.3, -0.25) is 9.59 Å². The molecule has 1 aromatic carbocycles. The highest BCUT2D eigenvalue weighted by molar-refractivity contribution is 5.98. The summed E-state index contributed by atoms with van der Waals surface area (Å²) < 4.78 is 5.65. The molecule has 1 N–H and O–H groups in total. The Balaban J connectivity index is 1.69. The Morgan fingerprint density at radius 3 is 2.90 bits per heavy atom. The standard InChI is InChI=1S/C16H19NO3/c1-10(16(19)17-12-6-7-12)20-13-8-5-11-3-2-4-15(18)14(11)9-13/h5,8-10,12H,2-4,6-7H2,1H3,(H,17,19). The lowest BCUT2D eigenvalue weighted by Gasteiger charge is -2.18. The summed E-state index contributed by atoms with van der Waals surface area (Å²) >= 11 is 0. The number of benzene rings is 1. The van der Waals surface area contributed by atoms with Crippen molar-refractivity contribution in [1.82, 2.24) is 5.32 Å². The number of carbonyl (C=O) groups excluding carboxylic acids is 2. The Kier molecular flexibility index (Phi) is 3.47. The van der Waals surface area contributed by atoms with Gasteiger partial charge >= 0.3 is 0 Å². The van der Waals surface area contributed by atoms with Crippen LogP contribution in [0, 0.1) is 0 Å². The van der Waals surface area contributed by atoms with Crippen LogP contribution in [-0.2, 0) is 11.2 Å². The molecule has 4 heteroatoms. The molecule has 1 amide bonds. The molecule has 1 atom stereocenters. The summed E-state index contributed by atoms with van der Waals surface area (Å²) in [5, 5.41) is 2.91. The fraction of sp³-hybridized carbons (Fsp3) is 0.500. The van der Waals surface area contributed by atoms with Crippen molar-refractivity contribution in [2.75, 3.05) is 0 Å². The lowest BCUT2D eigenvalue weighted by molar-refractivity contribution is -0.127. The number of amides is 1. The molecule has 0 saturated heterocycles. The maximum Gasteiger partial charge on any atom is 0.260 e. The second kappa shape index (κ2) is 5.27. The van der Waals surface area contributed by atoms with Crippen LogP contribution in [-0.4, -0.2) is 23.8 Å². The minimum absolute atomic E-state index is 0.0865. The molecule has 106 valence electrons. The number of fused-ring (bicyclic) bond motifs is 1.